The molecule has 1 fully saturated rings. The van der Waals surface area contributed by atoms with Crippen molar-refractivity contribution in [2.45, 2.75) is 13.6 Å². The molecule has 0 aliphatic carbocycles. The third kappa shape index (κ3) is 3.40. The number of piperazine rings is 1. The second kappa shape index (κ2) is 7.39. The number of pyridine rings is 1. The highest BCUT2D eigenvalue weighted by atomic mass is 32.1. The predicted molar refractivity (Wildman–Crippen MR) is 105 cm³/mol. The molecule has 0 radical (unpaired) electrons. The summed E-state index contributed by atoms with van der Waals surface area (Å²) in [5.41, 5.74) is 1.06. The molecule has 1 aliphatic heterocycles. The van der Waals surface area contributed by atoms with E-state index < -0.39 is 0 Å². The molecule has 0 amide bonds. The second-order valence-electron chi connectivity index (χ2n) is 6.43. The van der Waals surface area contributed by atoms with Gasteiger partial charge in [-0.1, -0.05) is 24.3 Å². The van der Waals surface area contributed by atoms with Crippen LogP contribution in [0, 0.1) is 11.7 Å². The lowest BCUT2D eigenvalue weighted by Gasteiger charge is -2.35. The Bertz CT molecular complexity index is 910. The molecule has 6 nitrogen and oxygen atoms in total. The first-order chi connectivity index (χ1) is 12.7. The molecular weight excluding hydrogens is 344 g/mol. The van der Waals surface area contributed by atoms with Gasteiger partial charge in [0.2, 0.25) is 4.77 Å². The van der Waals surface area contributed by atoms with Crippen LogP contribution in [0.25, 0.3) is 5.69 Å². The largest absolute Gasteiger partial charge is 0.354 e. The van der Waals surface area contributed by atoms with Crippen LogP contribution in [-0.4, -0.2) is 50.4 Å². The van der Waals surface area contributed by atoms with Crippen LogP contribution >= 0.6 is 12.2 Å². The molecule has 4 rings (SSSR count). The Kier molecular flexibility index (Phi) is 4.81. The number of aromatic nitrogens is 4. The normalized spacial score (nSPS) is 15.3. The summed E-state index contributed by atoms with van der Waals surface area (Å²) >= 11 is 5.68. The first-order valence-corrected chi connectivity index (χ1v) is 9.23. The lowest BCUT2D eigenvalue weighted by atomic mass is 10.3. The molecule has 1 aromatic carbocycles. The zero-order valence-corrected chi connectivity index (χ0v) is 15.6. The average Bonchev–Trinajstić information content (AvgIpc) is 2.97. The van der Waals surface area contributed by atoms with Crippen molar-refractivity contribution in [1.82, 2.24) is 24.2 Å². The quantitative estimate of drug-likeness (QED) is 0.664. The van der Waals surface area contributed by atoms with Crippen molar-refractivity contribution in [3.63, 3.8) is 0 Å². The Hall–Kier alpha value is -2.51. The van der Waals surface area contributed by atoms with Gasteiger partial charge >= 0.3 is 0 Å². The van der Waals surface area contributed by atoms with Gasteiger partial charge in [-0.15, -0.1) is 0 Å². The van der Waals surface area contributed by atoms with Crippen LogP contribution in [0.3, 0.4) is 0 Å². The number of anilines is 1. The number of hydrogen-bond donors (Lipinski definition) is 0. The average molecular weight is 366 g/mol. The van der Waals surface area contributed by atoms with Crippen LogP contribution in [0.5, 0.6) is 0 Å². The number of nitrogens with zero attached hydrogens (tertiary/aromatic N) is 6. The topological polar surface area (TPSA) is 42.1 Å². The van der Waals surface area contributed by atoms with Gasteiger partial charge in [-0.25, -0.2) is 9.67 Å². The SMILES string of the molecule is Cc1nn(CN2CCN(c3ccccn3)CC2)c(=S)n1-c1ccccc1. The van der Waals surface area contributed by atoms with Gasteiger partial charge in [0.25, 0.3) is 0 Å². The number of aryl methyl sites for hydroxylation is 1. The Morgan fingerprint density at radius 1 is 0.962 bits per heavy atom. The van der Waals surface area contributed by atoms with Crippen molar-refractivity contribution in [2.24, 2.45) is 0 Å². The van der Waals surface area contributed by atoms with Gasteiger partial charge in [0.15, 0.2) is 0 Å². The number of benzene rings is 1. The van der Waals surface area contributed by atoms with Gasteiger partial charge < -0.3 is 4.90 Å². The van der Waals surface area contributed by atoms with Crippen molar-refractivity contribution in [1.29, 1.82) is 0 Å². The van der Waals surface area contributed by atoms with Crippen molar-refractivity contribution >= 4 is 18.0 Å². The summed E-state index contributed by atoms with van der Waals surface area (Å²) in [6.07, 6.45) is 1.85. The first-order valence-electron chi connectivity index (χ1n) is 8.82. The van der Waals surface area contributed by atoms with Gasteiger partial charge in [0.1, 0.15) is 11.6 Å². The van der Waals surface area contributed by atoms with E-state index in [-0.39, 0.29) is 0 Å². The Morgan fingerprint density at radius 3 is 2.38 bits per heavy atom. The number of rotatable bonds is 4. The fourth-order valence-corrected chi connectivity index (χ4v) is 3.67. The molecule has 0 N–H and O–H groups in total. The standard InChI is InChI=1S/C19H22N6S/c1-16-21-24(19(26)25(16)17-7-3-2-4-8-17)15-22-11-13-23(14-12-22)18-9-5-6-10-20-18/h2-10H,11-15H2,1H3. The molecule has 134 valence electrons. The molecular formula is C19H22N6S. The van der Waals surface area contributed by atoms with E-state index in [0.29, 0.717) is 0 Å². The maximum atomic E-state index is 5.68. The summed E-state index contributed by atoms with van der Waals surface area (Å²) in [7, 11) is 0. The minimum absolute atomic E-state index is 0.718. The van der Waals surface area contributed by atoms with E-state index in [1.54, 1.807) is 0 Å². The molecule has 3 aromatic rings. The minimum atomic E-state index is 0.718. The lowest BCUT2D eigenvalue weighted by molar-refractivity contribution is 0.194. The summed E-state index contributed by atoms with van der Waals surface area (Å²) in [5, 5.41) is 4.67. The molecule has 0 bridgehead atoms. The highest BCUT2D eigenvalue weighted by Gasteiger charge is 2.19. The van der Waals surface area contributed by atoms with Crippen molar-refractivity contribution in [3.8, 4) is 5.69 Å². The summed E-state index contributed by atoms with van der Waals surface area (Å²) in [5.74, 6) is 1.96. The summed E-state index contributed by atoms with van der Waals surface area (Å²) in [6, 6.07) is 16.2. The molecule has 0 atom stereocenters. The number of para-hydroxylation sites is 1. The Labute approximate surface area is 158 Å². The summed E-state index contributed by atoms with van der Waals surface area (Å²) in [4.78, 5) is 9.15. The second-order valence-corrected chi connectivity index (χ2v) is 6.80. The minimum Gasteiger partial charge on any atom is -0.354 e. The first kappa shape index (κ1) is 16.9. The van der Waals surface area contributed by atoms with Crippen LogP contribution in [-0.2, 0) is 6.67 Å². The van der Waals surface area contributed by atoms with E-state index in [9.17, 15) is 0 Å². The third-order valence-electron chi connectivity index (χ3n) is 4.70. The van der Waals surface area contributed by atoms with Crippen molar-refractivity contribution < 1.29 is 0 Å². The maximum absolute atomic E-state index is 5.68. The molecule has 2 aromatic heterocycles. The molecule has 3 heterocycles. The zero-order valence-electron chi connectivity index (χ0n) is 14.8. The fourth-order valence-electron chi connectivity index (χ4n) is 3.33. The third-order valence-corrected chi connectivity index (χ3v) is 5.09. The van der Waals surface area contributed by atoms with E-state index >= 15 is 0 Å². The molecule has 0 spiro atoms. The number of hydrogen-bond acceptors (Lipinski definition) is 5. The zero-order chi connectivity index (χ0) is 17.9. The van der Waals surface area contributed by atoms with Gasteiger partial charge in [0.05, 0.1) is 6.67 Å². The Balaban J connectivity index is 1.45. The van der Waals surface area contributed by atoms with Gasteiger partial charge in [-0.3, -0.25) is 9.47 Å². The summed E-state index contributed by atoms with van der Waals surface area (Å²) in [6.45, 7) is 6.57. The van der Waals surface area contributed by atoms with Crippen LogP contribution in [0.4, 0.5) is 5.82 Å². The Morgan fingerprint density at radius 2 is 1.69 bits per heavy atom. The lowest BCUT2D eigenvalue weighted by Crippen LogP contribution is -2.47. The van der Waals surface area contributed by atoms with E-state index in [1.807, 2.05) is 52.7 Å². The van der Waals surface area contributed by atoms with Crippen LogP contribution in [0.2, 0.25) is 0 Å². The highest BCUT2D eigenvalue weighted by Crippen LogP contribution is 2.15. The van der Waals surface area contributed by atoms with Crippen LogP contribution in [0.1, 0.15) is 5.82 Å². The fraction of sp³-hybridized carbons (Fsp3) is 0.316. The predicted octanol–water partition coefficient (Wildman–Crippen LogP) is 2.89. The van der Waals surface area contributed by atoms with Gasteiger partial charge in [-0.2, -0.15) is 5.10 Å². The molecule has 26 heavy (non-hydrogen) atoms. The summed E-state index contributed by atoms with van der Waals surface area (Å²) < 4.78 is 4.69. The maximum Gasteiger partial charge on any atom is 0.203 e. The molecule has 7 heteroatoms. The van der Waals surface area contributed by atoms with Gasteiger partial charge in [0, 0.05) is 38.1 Å². The van der Waals surface area contributed by atoms with E-state index in [4.69, 9.17) is 12.2 Å². The smallest absolute Gasteiger partial charge is 0.203 e. The van der Waals surface area contributed by atoms with E-state index in [1.165, 1.54) is 0 Å². The molecule has 1 saturated heterocycles. The van der Waals surface area contributed by atoms with Crippen LogP contribution < -0.4 is 4.90 Å². The molecule has 1 aliphatic rings. The van der Waals surface area contributed by atoms with E-state index in [0.717, 1.165) is 54.9 Å². The molecule has 0 unspecified atom stereocenters. The molecule has 0 saturated carbocycles. The van der Waals surface area contributed by atoms with Gasteiger partial charge in [-0.05, 0) is 43.4 Å². The van der Waals surface area contributed by atoms with E-state index in [2.05, 4.69) is 38.1 Å². The van der Waals surface area contributed by atoms with Crippen molar-refractivity contribution in [3.05, 3.63) is 65.3 Å². The van der Waals surface area contributed by atoms with Crippen LogP contribution in [0.15, 0.2) is 54.7 Å². The monoisotopic (exact) mass is 366 g/mol. The highest BCUT2D eigenvalue weighted by molar-refractivity contribution is 7.71. The van der Waals surface area contributed by atoms with Crippen molar-refractivity contribution in [2.75, 3.05) is 31.1 Å².